The summed E-state index contributed by atoms with van der Waals surface area (Å²) in [6, 6.07) is 0. The first-order valence-corrected chi connectivity index (χ1v) is 7.37. The number of nitrogens with two attached hydrogens (primary N) is 1. The van der Waals surface area contributed by atoms with E-state index in [1.165, 1.54) is 44.9 Å². The lowest BCUT2D eigenvalue weighted by atomic mass is 9.80. The minimum atomic E-state index is -0.0995. The fourth-order valence-electron chi connectivity index (χ4n) is 3.42. The first kappa shape index (κ1) is 12.2. The maximum atomic E-state index is 6.43. The molecule has 18 heavy (non-hydrogen) atoms. The highest BCUT2D eigenvalue weighted by Crippen LogP contribution is 2.33. The van der Waals surface area contributed by atoms with Gasteiger partial charge in [-0.25, -0.2) is 0 Å². The highest BCUT2D eigenvalue weighted by Gasteiger charge is 2.31. The Kier molecular flexibility index (Phi) is 3.37. The molecule has 4 nitrogen and oxygen atoms in total. The zero-order valence-corrected chi connectivity index (χ0v) is 11.0. The maximum Gasteiger partial charge on any atom is 0.228 e. The van der Waals surface area contributed by atoms with Gasteiger partial charge in [0.05, 0.1) is 0 Å². The van der Waals surface area contributed by atoms with Crippen LogP contribution in [0.3, 0.4) is 0 Å². The van der Waals surface area contributed by atoms with Crippen molar-refractivity contribution in [3.05, 3.63) is 11.7 Å². The van der Waals surface area contributed by atoms with E-state index in [0.717, 1.165) is 31.0 Å². The summed E-state index contributed by atoms with van der Waals surface area (Å²) < 4.78 is 5.40. The predicted molar refractivity (Wildman–Crippen MR) is 69.2 cm³/mol. The zero-order valence-electron chi connectivity index (χ0n) is 11.0. The molecule has 0 saturated heterocycles. The molecule has 0 amide bonds. The topological polar surface area (TPSA) is 64.9 Å². The van der Waals surface area contributed by atoms with Gasteiger partial charge in [0.1, 0.15) is 0 Å². The van der Waals surface area contributed by atoms with Crippen LogP contribution in [0.2, 0.25) is 0 Å². The van der Waals surface area contributed by atoms with Crippen molar-refractivity contribution in [2.45, 2.75) is 75.7 Å². The second-order valence-electron chi connectivity index (χ2n) is 6.13. The van der Waals surface area contributed by atoms with Gasteiger partial charge >= 0.3 is 0 Å². The number of nitrogens with zero attached hydrogens (tertiary/aromatic N) is 2. The Morgan fingerprint density at radius 1 is 1.11 bits per heavy atom. The maximum absolute atomic E-state index is 6.43. The quantitative estimate of drug-likeness (QED) is 0.894. The minimum Gasteiger partial charge on any atom is -0.339 e. The van der Waals surface area contributed by atoms with Gasteiger partial charge in [-0.1, -0.05) is 37.3 Å². The highest BCUT2D eigenvalue weighted by molar-refractivity contribution is 5.01. The van der Waals surface area contributed by atoms with Crippen LogP contribution in [0.1, 0.15) is 75.4 Å². The van der Waals surface area contributed by atoms with Crippen LogP contribution in [-0.2, 0) is 6.42 Å². The normalized spacial score (nSPS) is 24.5. The van der Waals surface area contributed by atoms with Gasteiger partial charge < -0.3 is 10.3 Å². The molecule has 4 heteroatoms. The lowest BCUT2D eigenvalue weighted by Crippen LogP contribution is -2.43. The SMILES string of the molecule is NC1(Cc2nc(C3CCCC3)no2)CCCCC1. The number of hydrogen-bond donors (Lipinski definition) is 1. The van der Waals surface area contributed by atoms with Crippen LogP contribution >= 0.6 is 0 Å². The highest BCUT2D eigenvalue weighted by atomic mass is 16.5. The molecule has 2 aliphatic rings. The van der Waals surface area contributed by atoms with E-state index < -0.39 is 0 Å². The first-order chi connectivity index (χ1) is 8.75. The van der Waals surface area contributed by atoms with E-state index in [0.29, 0.717) is 5.92 Å². The van der Waals surface area contributed by atoms with Gasteiger partial charge in [0, 0.05) is 17.9 Å². The largest absolute Gasteiger partial charge is 0.339 e. The van der Waals surface area contributed by atoms with Crippen LogP contribution in [0.15, 0.2) is 4.52 Å². The standard InChI is InChI=1S/C14H23N3O/c15-14(8-4-1-5-9-14)10-12-16-13(17-18-12)11-6-2-3-7-11/h11H,1-10,15H2. The van der Waals surface area contributed by atoms with Gasteiger partial charge in [-0.2, -0.15) is 4.98 Å². The fourth-order valence-corrected chi connectivity index (χ4v) is 3.42. The average Bonchev–Trinajstić information content (AvgIpc) is 2.99. The Hall–Kier alpha value is -0.900. The van der Waals surface area contributed by atoms with Gasteiger partial charge in [0.2, 0.25) is 5.89 Å². The minimum absolute atomic E-state index is 0.0995. The molecule has 1 aromatic rings. The van der Waals surface area contributed by atoms with Crippen molar-refractivity contribution in [1.29, 1.82) is 0 Å². The van der Waals surface area contributed by atoms with Crippen LogP contribution < -0.4 is 5.73 Å². The van der Waals surface area contributed by atoms with Crippen LogP contribution in [0.25, 0.3) is 0 Å². The fraction of sp³-hybridized carbons (Fsp3) is 0.857. The summed E-state index contributed by atoms with van der Waals surface area (Å²) in [4.78, 5) is 4.57. The molecule has 100 valence electrons. The molecule has 1 aromatic heterocycles. The molecule has 0 radical (unpaired) electrons. The number of hydrogen-bond acceptors (Lipinski definition) is 4. The van der Waals surface area contributed by atoms with E-state index in [9.17, 15) is 0 Å². The second kappa shape index (κ2) is 5.00. The van der Waals surface area contributed by atoms with Crippen molar-refractivity contribution in [1.82, 2.24) is 10.1 Å². The van der Waals surface area contributed by atoms with E-state index in [4.69, 9.17) is 10.3 Å². The molecule has 0 atom stereocenters. The van der Waals surface area contributed by atoms with Crippen molar-refractivity contribution >= 4 is 0 Å². The molecule has 0 bridgehead atoms. The molecule has 2 saturated carbocycles. The van der Waals surface area contributed by atoms with Gasteiger partial charge in [-0.3, -0.25) is 0 Å². The van der Waals surface area contributed by atoms with E-state index in [-0.39, 0.29) is 5.54 Å². The monoisotopic (exact) mass is 249 g/mol. The molecule has 0 spiro atoms. The van der Waals surface area contributed by atoms with Crippen molar-refractivity contribution in [2.75, 3.05) is 0 Å². The molecule has 2 N–H and O–H groups in total. The summed E-state index contributed by atoms with van der Waals surface area (Å²) in [6.07, 6.45) is 11.8. The molecule has 0 unspecified atom stereocenters. The smallest absolute Gasteiger partial charge is 0.228 e. The van der Waals surface area contributed by atoms with E-state index in [1.54, 1.807) is 0 Å². The number of rotatable bonds is 3. The summed E-state index contributed by atoms with van der Waals surface area (Å²) in [5, 5.41) is 4.15. The van der Waals surface area contributed by atoms with Crippen molar-refractivity contribution in [3.63, 3.8) is 0 Å². The molecular weight excluding hydrogens is 226 g/mol. The first-order valence-electron chi connectivity index (χ1n) is 7.37. The zero-order chi connectivity index (χ0) is 12.4. The second-order valence-corrected chi connectivity index (χ2v) is 6.13. The molecule has 2 aliphatic carbocycles. The van der Waals surface area contributed by atoms with E-state index in [1.807, 2.05) is 0 Å². The van der Waals surface area contributed by atoms with Crippen LogP contribution in [0.4, 0.5) is 0 Å². The molecule has 3 rings (SSSR count). The van der Waals surface area contributed by atoms with Crippen molar-refractivity contribution in [2.24, 2.45) is 5.73 Å². The summed E-state index contributed by atoms with van der Waals surface area (Å²) >= 11 is 0. The molecule has 2 fully saturated rings. The Balaban J connectivity index is 1.65. The van der Waals surface area contributed by atoms with Gasteiger partial charge in [-0.15, -0.1) is 0 Å². The predicted octanol–water partition coefficient (Wildman–Crippen LogP) is 2.93. The summed E-state index contributed by atoms with van der Waals surface area (Å²) in [7, 11) is 0. The Morgan fingerprint density at radius 2 is 1.83 bits per heavy atom. The van der Waals surface area contributed by atoms with Gasteiger partial charge in [-0.05, 0) is 25.7 Å². The molecule has 0 aliphatic heterocycles. The van der Waals surface area contributed by atoms with Gasteiger partial charge in [0.15, 0.2) is 5.82 Å². The van der Waals surface area contributed by atoms with Crippen LogP contribution in [0.5, 0.6) is 0 Å². The van der Waals surface area contributed by atoms with Gasteiger partial charge in [0.25, 0.3) is 0 Å². The summed E-state index contributed by atoms with van der Waals surface area (Å²) in [5.41, 5.74) is 6.33. The Labute approximate surface area is 108 Å². The Morgan fingerprint density at radius 3 is 2.56 bits per heavy atom. The third kappa shape index (κ3) is 2.58. The number of aromatic nitrogens is 2. The average molecular weight is 249 g/mol. The molecule has 0 aromatic carbocycles. The summed E-state index contributed by atoms with van der Waals surface area (Å²) in [6.45, 7) is 0. The molecule has 1 heterocycles. The molecular formula is C14H23N3O. The van der Waals surface area contributed by atoms with Crippen molar-refractivity contribution < 1.29 is 4.52 Å². The lowest BCUT2D eigenvalue weighted by molar-refractivity contribution is 0.260. The van der Waals surface area contributed by atoms with Crippen molar-refractivity contribution in [3.8, 4) is 0 Å². The van der Waals surface area contributed by atoms with Crippen LogP contribution in [-0.4, -0.2) is 15.7 Å². The van der Waals surface area contributed by atoms with E-state index >= 15 is 0 Å². The summed E-state index contributed by atoms with van der Waals surface area (Å²) in [5.74, 6) is 2.20. The third-order valence-corrected chi connectivity index (χ3v) is 4.56. The lowest BCUT2D eigenvalue weighted by Gasteiger charge is -2.31. The van der Waals surface area contributed by atoms with E-state index in [2.05, 4.69) is 10.1 Å². The Bertz CT molecular complexity index is 389. The van der Waals surface area contributed by atoms with Crippen LogP contribution in [0, 0.1) is 0 Å². The third-order valence-electron chi connectivity index (χ3n) is 4.56.